The first-order valence-electron chi connectivity index (χ1n) is 12.8. The minimum Gasteiger partial charge on any atom is -0.478 e. The predicted molar refractivity (Wildman–Crippen MR) is 154 cm³/mol. The molecule has 204 valence electrons. The molecule has 0 bridgehead atoms. The summed E-state index contributed by atoms with van der Waals surface area (Å²) in [5, 5.41) is 25.9. The lowest BCUT2D eigenvalue weighted by Crippen LogP contribution is -2.47. The number of fused-ring (bicyclic) bond motifs is 1. The number of aliphatic hydroxyl groups is 1. The smallest absolute Gasteiger partial charge is 0.336 e. The third kappa shape index (κ3) is 6.91. The van der Waals surface area contributed by atoms with Crippen molar-refractivity contribution in [3.8, 4) is 11.1 Å². The van der Waals surface area contributed by atoms with Crippen molar-refractivity contribution >= 4 is 26.8 Å². The van der Waals surface area contributed by atoms with E-state index in [1.54, 1.807) is 30.3 Å². The Balaban J connectivity index is 1.40. The van der Waals surface area contributed by atoms with Gasteiger partial charge in [-0.05, 0) is 65.9 Å². The Hall–Kier alpha value is -3.56. The van der Waals surface area contributed by atoms with Gasteiger partial charge in [0, 0.05) is 25.7 Å². The Morgan fingerprint density at radius 2 is 1.62 bits per heavy atom. The quantitative estimate of drug-likeness (QED) is 0.250. The second-order valence-corrected chi connectivity index (χ2v) is 12.5. The van der Waals surface area contributed by atoms with Gasteiger partial charge in [0.2, 0.25) is 10.0 Å². The number of nitrogens with zero attached hydrogens (tertiary/aromatic N) is 1. The van der Waals surface area contributed by atoms with Crippen molar-refractivity contribution in [3.05, 3.63) is 102 Å². The first kappa shape index (κ1) is 28.4. The molecular weight excluding hydrogens is 512 g/mol. The molecule has 0 aliphatic carbocycles. The van der Waals surface area contributed by atoms with Crippen LogP contribution in [0.1, 0.15) is 29.8 Å². The average molecular weight is 547 g/mol. The predicted octanol–water partition coefficient (Wildman–Crippen LogP) is 4.80. The van der Waals surface area contributed by atoms with Crippen molar-refractivity contribution in [2.45, 2.75) is 36.8 Å². The number of hydrogen-bond acceptors (Lipinski definition) is 5. The standard InChI is InChI=1S/C31H34N2O5S/c1-31(2,19-22-15-16-23-9-4-5-10-24(23)17-22)32-20-26(34)21-33(3)39(37,38)27-12-8-11-25(18-27)28-13-6-7-14-29(28)30(35)36/h4-18,26,32,34H,19-21H2,1-3H3,(H,35,36)/t26-/m1/s1. The number of rotatable bonds is 11. The van der Waals surface area contributed by atoms with Crippen molar-refractivity contribution in [1.29, 1.82) is 0 Å². The zero-order valence-corrected chi connectivity index (χ0v) is 23.2. The van der Waals surface area contributed by atoms with E-state index in [1.165, 1.54) is 41.6 Å². The van der Waals surface area contributed by atoms with Crippen LogP contribution in [0.3, 0.4) is 0 Å². The molecule has 8 heteroatoms. The minimum absolute atomic E-state index is 0.0273. The lowest BCUT2D eigenvalue weighted by molar-refractivity contribution is 0.0697. The monoisotopic (exact) mass is 546 g/mol. The number of benzene rings is 4. The Kier molecular flexibility index (Phi) is 8.51. The molecule has 4 aromatic carbocycles. The van der Waals surface area contributed by atoms with Crippen molar-refractivity contribution in [1.82, 2.24) is 9.62 Å². The molecule has 0 saturated carbocycles. The molecule has 0 unspecified atom stereocenters. The molecule has 7 nitrogen and oxygen atoms in total. The third-order valence-corrected chi connectivity index (χ3v) is 8.57. The lowest BCUT2D eigenvalue weighted by atomic mass is 9.93. The van der Waals surface area contributed by atoms with Crippen LogP contribution < -0.4 is 5.32 Å². The maximum Gasteiger partial charge on any atom is 0.336 e. The second-order valence-electron chi connectivity index (χ2n) is 10.4. The lowest BCUT2D eigenvalue weighted by Gasteiger charge is -2.29. The number of carbonyl (C=O) groups is 1. The van der Waals surface area contributed by atoms with Gasteiger partial charge in [0.25, 0.3) is 0 Å². The normalized spacial score (nSPS) is 13.1. The summed E-state index contributed by atoms with van der Waals surface area (Å²) in [6.07, 6.45) is -0.194. The van der Waals surface area contributed by atoms with Gasteiger partial charge in [-0.15, -0.1) is 0 Å². The largest absolute Gasteiger partial charge is 0.478 e. The van der Waals surface area contributed by atoms with Crippen LogP contribution >= 0.6 is 0 Å². The first-order chi connectivity index (χ1) is 18.5. The molecule has 0 heterocycles. The highest BCUT2D eigenvalue weighted by molar-refractivity contribution is 7.89. The van der Waals surface area contributed by atoms with E-state index in [1.807, 2.05) is 12.1 Å². The number of aromatic carboxylic acids is 1. The molecule has 0 aliphatic heterocycles. The van der Waals surface area contributed by atoms with Crippen LogP contribution in [0.4, 0.5) is 0 Å². The van der Waals surface area contributed by atoms with E-state index in [-0.39, 0.29) is 29.1 Å². The van der Waals surface area contributed by atoms with Crippen LogP contribution in [0.25, 0.3) is 21.9 Å². The number of likely N-dealkylation sites (N-methyl/N-ethyl adjacent to an activating group) is 1. The highest BCUT2D eigenvalue weighted by Crippen LogP contribution is 2.27. The zero-order chi connectivity index (χ0) is 28.2. The van der Waals surface area contributed by atoms with Crippen molar-refractivity contribution < 1.29 is 23.4 Å². The van der Waals surface area contributed by atoms with Crippen molar-refractivity contribution in [2.75, 3.05) is 20.1 Å². The average Bonchev–Trinajstić information content (AvgIpc) is 2.91. The van der Waals surface area contributed by atoms with Crippen LogP contribution in [0, 0.1) is 0 Å². The fourth-order valence-corrected chi connectivity index (χ4v) is 5.96. The molecule has 0 spiro atoms. The molecule has 0 aromatic heterocycles. The van der Waals surface area contributed by atoms with Gasteiger partial charge >= 0.3 is 5.97 Å². The summed E-state index contributed by atoms with van der Waals surface area (Å²) < 4.78 is 27.7. The molecule has 0 aliphatic rings. The van der Waals surface area contributed by atoms with Crippen LogP contribution in [0.15, 0.2) is 95.9 Å². The van der Waals surface area contributed by atoms with Gasteiger partial charge in [-0.3, -0.25) is 0 Å². The van der Waals surface area contributed by atoms with Crippen LogP contribution in [-0.4, -0.2) is 60.7 Å². The highest BCUT2D eigenvalue weighted by atomic mass is 32.2. The van der Waals surface area contributed by atoms with Gasteiger partial charge < -0.3 is 15.5 Å². The Bertz CT molecular complexity index is 1580. The van der Waals surface area contributed by atoms with E-state index in [0.717, 1.165) is 10.7 Å². The Morgan fingerprint density at radius 1 is 0.923 bits per heavy atom. The van der Waals surface area contributed by atoms with Crippen LogP contribution in [-0.2, 0) is 16.4 Å². The number of carboxylic acids is 1. The topological polar surface area (TPSA) is 107 Å². The van der Waals surface area contributed by atoms with Gasteiger partial charge in [0.1, 0.15) is 0 Å². The van der Waals surface area contributed by atoms with Gasteiger partial charge in [-0.2, -0.15) is 4.31 Å². The Morgan fingerprint density at radius 3 is 2.36 bits per heavy atom. The number of carboxylic acid groups (broad SMARTS) is 1. The molecule has 0 radical (unpaired) electrons. The molecule has 4 aromatic rings. The molecule has 0 fully saturated rings. The first-order valence-corrected chi connectivity index (χ1v) is 14.2. The summed E-state index contributed by atoms with van der Waals surface area (Å²) in [5.41, 5.74) is 1.85. The third-order valence-electron chi connectivity index (χ3n) is 6.75. The van der Waals surface area contributed by atoms with E-state index >= 15 is 0 Å². The molecule has 4 rings (SSSR count). The van der Waals surface area contributed by atoms with E-state index in [4.69, 9.17) is 0 Å². The zero-order valence-electron chi connectivity index (χ0n) is 22.3. The summed E-state index contributed by atoms with van der Waals surface area (Å²) >= 11 is 0. The SMILES string of the molecule is CN(C[C@H](O)CNC(C)(C)Cc1ccc2ccccc2c1)S(=O)(=O)c1cccc(-c2ccccc2C(=O)O)c1. The maximum atomic E-state index is 13.3. The fourth-order valence-electron chi connectivity index (χ4n) is 4.70. The van der Waals surface area contributed by atoms with Crippen LogP contribution in [0.5, 0.6) is 0 Å². The maximum absolute atomic E-state index is 13.3. The summed E-state index contributed by atoms with van der Waals surface area (Å²) in [6.45, 7) is 4.22. The summed E-state index contributed by atoms with van der Waals surface area (Å²) in [4.78, 5) is 11.7. The van der Waals surface area contributed by atoms with Gasteiger partial charge in [-0.25, -0.2) is 13.2 Å². The summed E-state index contributed by atoms with van der Waals surface area (Å²) in [7, 11) is -2.50. The van der Waals surface area contributed by atoms with Gasteiger partial charge in [0.15, 0.2) is 0 Å². The number of sulfonamides is 1. The van der Waals surface area contributed by atoms with E-state index in [2.05, 4.69) is 49.5 Å². The molecule has 1 atom stereocenters. The second kappa shape index (κ2) is 11.7. The highest BCUT2D eigenvalue weighted by Gasteiger charge is 2.26. The van der Waals surface area contributed by atoms with E-state index < -0.39 is 22.1 Å². The molecule has 39 heavy (non-hydrogen) atoms. The number of hydrogen-bond donors (Lipinski definition) is 3. The summed E-state index contributed by atoms with van der Waals surface area (Å²) in [5.74, 6) is -1.09. The van der Waals surface area contributed by atoms with Gasteiger partial charge in [0.05, 0.1) is 16.6 Å². The van der Waals surface area contributed by atoms with E-state index in [0.29, 0.717) is 11.1 Å². The molecule has 0 saturated heterocycles. The minimum atomic E-state index is -3.92. The van der Waals surface area contributed by atoms with Gasteiger partial charge in [-0.1, -0.05) is 72.8 Å². The van der Waals surface area contributed by atoms with Crippen molar-refractivity contribution in [3.63, 3.8) is 0 Å². The Labute approximate surface area is 229 Å². The molecular formula is C31H34N2O5S. The molecule has 0 amide bonds. The molecule has 3 N–H and O–H groups in total. The fraction of sp³-hybridized carbons (Fsp3) is 0.258. The number of aliphatic hydroxyl groups excluding tert-OH is 1. The van der Waals surface area contributed by atoms with Crippen molar-refractivity contribution in [2.24, 2.45) is 0 Å². The van der Waals surface area contributed by atoms with Crippen LogP contribution in [0.2, 0.25) is 0 Å². The number of nitrogens with one attached hydrogen (secondary N) is 1. The number of β-amino-alcohol motifs (C(OH)–C–C–N with tert-alkyl or cyclic N) is 1. The van der Waals surface area contributed by atoms with E-state index in [9.17, 15) is 23.4 Å². The summed E-state index contributed by atoms with van der Waals surface area (Å²) in [6, 6.07) is 27.2.